The second-order valence-corrected chi connectivity index (χ2v) is 4.04. The molecule has 5 heteroatoms. The number of aromatic carboxylic acids is 1. The summed E-state index contributed by atoms with van der Waals surface area (Å²) in [5, 5.41) is 9.04. The first-order valence-electron chi connectivity index (χ1n) is 5.52. The molecule has 0 radical (unpaired) electrons. The van der Waals surface area contributed by atoms with E-state index in [2.05, 4.69) is 4.98 Å². The van der Waals surface area contributed by atoms with Gasteiger partial charge in [0.1, 0.15) is 0 Å². The molecular formula is C12H18N2O3. The van der Waals surface area contributed by atoms with Gasteiger partial charge in [-0.15, -0.1) is 0 Å². The van der Waals surface area contributed by atoms with Crippen molar-refractivity contribution in [1.29, 1.82) is 0 Å². The summed E-state index contributed by atoms with van der Waals surface area (Å²) in [6, 6.07) is 1.50. The number of carboxylic acids is 1. The van der Waals surface area contributed by atoms with Gasteiger partial charge in [0.25, 0.3) is 0 Å². The number of carbonyl (C=O) groups is 1. The molecule has 0 saturated heterocycles. The molecule has 1 aromatic rings. The van der Waals surface area contributed by atoms with E-state index in [0.717, 1.165) is 0 Å². The van der Waals surface area contributed by atoms with Crippen LogP contribution >= 0.6 is 0 Å². The van der Waals surface area contributed by atoms with E-state index in [4.69, 9.17) is 9.84 Å². The summed E-state index contributed by atoms with van der Waals surface area (Å²) in [6.07, 6.45) is 3.21. The van der Waals surface area contributed by atoms with E-state index in [-0.39, 0.29) is 11.7 Å². The number of ether oxygens (including phenoxy) is 1. The molecule has 1 heterocycles. The number of anilines is 1. The molecule has 0 spiro atoms. The molecule has 0 atom stereocenters. The minimum absolute atomic E-state index is 0.177. The lowest BCUT2D eigenvalue weighted by molar-refractivity contribution is 0.0696. The predicted octanol–water partition coefficient (Wildman–Crippen LogP) is 1.64. The first kappa shape index (κ1) is 13.4. The maximum Gasteiger partial charge on any atom is 0.337 e. The molecule has 0 aliphatic carbocycles. The largest absolute Gasteiger partial charge is 0.478 e. The first-order chi connectivity index (χ1) is 8.02. The van der Waals surface area contributed by atoms with Gasteiger partial charge in [-0.25, -0.2) is 4.79 Å². The van der Waals surface area contributed by atoms with E-state index in [0.29, 0.717) is 18.8 Å². The van der Waals surface area contributed by atoms with Gasteiger partial charge in [0.15, 0.2) is 0 Å². The lowest BCUT2D eigenvalue weighted by Gasteiger charge is -2.21. The third kappa shape index (κ3) is 4.03. The molecule has 94 valence electrons. The molecule has 0 bridgehead atoms. The van der Waals surface area contributed by atoms with Crippen molar-refractivity contribution in [2.45, 2.75) is 20.0 Å². The molecule has 0 aromatic carbocycles. The number of hydrogen-bond donors (Lipinski definition) is 1. The average Bonchev–Trinajstić information content (AvgIpc) is 2.28. The van der Waals surface area contributed by atoms with Crippen LogP contribution in [0, 0.1) is 0 Å². The maximum absolute atomic E-state index is 11.0. The number of hydrogen-bond acceptors (Lipinski definition) is 4. The monoisotopic (exact) mass is 238 g/mol. The van der Waals surface area contributed by atoms with Crippen molar-refractivity contribution >= 4 is 11.7 Å². The third-order valence-corrected chi connectivity index (χ3v) is 2.32. The Morgan fingerprint density at radius 2 is 2.29 bits per heavy atom. The lowest BCUT2D eigenvalue weighted by Crippen LogP contribution is -2.25. The number of nitrogens with zero attached hydrogens (tertiary/aromatic N) is 2. The van der Waals surface area contributed by atoms with E-state index >= 15 is 0 Å². The summed E-state index contributed by atoms with van der Waals surface area (Å²) < 4.78 is 5.42. The molecule has 1 aromatic heterocycles. The number of carboxylic acid groups (broad SMARTS) is 1. The molecule has 5 nitrogen and oxygen atoms in total. The Hall–Kier alpha value is -1.62. The topological polar surface area (TPSA) is 62.7 Å². The third-order valence-electron chi connectivity index (χ3n) is 2.32. The van der Waals surface area contributed by atoms with Crippen molar-refractivity contribution in [1.82, 2.24) is 4.98 Å². The predicted molar refractivity (Wildman–Crippen MR) is 65.6 cm³/mol. The summed E-state index contributed by atoms with van der Waals surface area (Å²) in [5.41, 5.74) is 0.861. The Labute approximate surface area is 101 Å². The number of rotatable bonds is 6. The van der Waals surface area contributed by atoms with E-state index in [1.807, 2.05) is 25.8 Å². The van der Waals surface area contributed by atoms with Crippen LogP contribution in [0.1, 0.15) is 24.2 Å². The molecule has 0 aliphatic heterocycles. The lowest BCUT2D eigenvalue weighted by atomic mass is 10.2. The van der Waals surface area contributed by atoms with Crippen LogP contribution in [0.5, 0.6) is 0 Å². The standard InChI is InChI=1S/C12H18N2O3/c1-9(2)17-7-6-14(3)11-8-13-5-4-10(11)12(15)16/h4-5,8-9H,6-7H2,1-3H3,(H,15,16). The van der Waals surface area contributed by atoms with Gasteiger partial charge in [-0.1, -0.05) is 0 Å². The van der Waals surface area contributed by atoms with E-state index in [1.165, 1.54) is 12.3 Å². The zero-order valence-electron chi connectivity index (χ0n) is 10.4. The number of aromatic nitrogens is 1. The highest BCUT2D eigenvalue weighted by atomic mass is 16.5. The zero-order valence-corrected chi connectivity index (χ0v) is 10.4. The normalized spacial score (nSPS) is 10.6. The van der Waals surface area contributed by atoms with Gasteiger partial charge < -0.3 is 14.7 Å². The van der Waals surface area contributed by atoms with Gasteiger partial charge in [-0.05, 0) is 19.9 Å². The summed E-state index contributed by atoms with van der Waals surface area (Å²) >= 11 is 0. The minimum Gasteiger partial charge on any atom is -0.478 e. The Morgan fingerprint density at radius 1 is 1.59 bits per heavy atom. The fourth-order valence-corrected chi connectivity index (χ4v) is 1.42. The second-order valence-electron chi connectivity index (χ2n) is 4.04. The summed E-state index contributed by atoms with van der Waals surface area (Å²) in [6.45, 7) is 5.12. The van der Waals surface area contributed by atoms with Crippen LogP contribution in [0.4, 0.5) is 5.69 Å². The van der Waals surface area contributed by atoms with Crippen molar-refractivity contribution in [2.75, 3.05) is 25.1 Å². The van der Waals surface area contributed by atoms with Gasteiger partial charge in [0.2, 0.25) is 0 Å². The second kappa shape index (κ2) is 6.20. The fraction of sp³-hybridized carbons (Fsp3) is 0.500. The molecule has 17 heavy (non-hydrogen) atoms. The van der Waals surface area contributed by atoms with Gasteiger partial charge in [-0.2, -0.15) is 0 Å². The molecule has 0 aliphatic rings. The highest BCUT2D eigenvalue weighted by molar-refractivity contribution is 5.94. The number of likely N-dealkylation sites (N-methyl/N-ethyl adjacent to an activating group) is 1. The highest BCUT2D eigenvalue weighted by Crippen LogP contribution is 2.17. The Balaban J connectivity index is 2.68. The smallest absolute Gasteiger partial charge is 0.337 e. The molecule has 0 saturated carbocycles. The highest BCUT2D eigenvalue weighted by Gasteiger charge is 2.13. The minimum atomic E-state index is -0.945. The van der Waals surface area contributed by atoms with Crippen molar-refractivity contribution in [3.05, 3.63) is 24.0 Å². The van der Waals surface area contributed by atoms with Crippen LogP contribution in [-0.2, 0) is 4.74 Å². The van der Waals surface area contributed by atoms with Crippen LogP contribution in [-0.4, -0.2) is 42.4 Å². The van der Waals surface area contributed by atoms with Crippen molar-refractivity contribution in [3.63, 3.8) is 0 Å². The summed E-state index contributed by atoms with van der Waals surface area (Å²) in [7, 11) is 1.83. The number of pyridine rings is 1. The fourth-order valence-electron chi connectivity index (χ4n) is 1.42. The quantitative estimate of drug-likeness (QED) is 0.816. The molecule has 0 unspecified atom stereocenters. The Bertz CT molecular complexity index is 380. The zero-order chi connectivity index (χ0) is 12.8. The van der Waals surface area contributed by atoms with Crippen molar-refractivity contribution in [2.24, 2.45) is 0 Å². The summed E-state index contributed by atoms with van der Waals surface area (Å²) in [5.74, 6) is -0.945. The maximum atomic E-state index is 11.0. The van der Waals surface area contributed by atoms with Crippen LogP contribution in [0.15, 0.2) is 18.5 Å². The van der Waals surface area contributed by atoms with Crippen molar-refractivity contribution < 1.29 is 14.6 Å². The molecular weight excluding hydrogens is 220 g/mol. The van der Waals surface area contributed by atoms with Gasteiger partial charge >= 0.3 is 5.97 Å². The van der Waals surface area contributed by atoms with E-state index in [9.17, 15) is 4.79 Å². The molecule has 1 N–H and O–H groups in total. The van der Waals surface area contributed by atoms with Crippen LogP contribution in [0.3, 0.4) is 0 Å². The van der Waals surface area contributed by atoms with Crippen LogP contribution < -0.4 is 4.90 Å². The Morgan fingerprint density at radius 3 is 2.88 bits per heavy atom. The molecule has 0 fully saturated rings. The van der Waals surface area contributed by atoms with E-state index in [1.54, 1.807) is 6.20 Å². The SMILES string of the molecule is CC(C)OCCN(C)c1cnccc1C(=O)O. The van der Waals surface area contributed by atoms with Crippen LogP contribution in [0.25, 0.3) is 0 Å². The first-order valence-corrected chi connectivity index (χ1v) is 5.52. The summed E-state index contributed by atoms with van der Waals surface area (Å²) in [4.78, 5) is 16.8. The Kier molecular flexibility index (Phi) is 4.90. The average molecular weight is 238 g/mol. The van der Waals surface area contributed by atoms with Crippen LogP contribution in [0.2, 0.25) is 0 Å². The van der Waals surface area contributed by atoms with Gasteiger partial charge in [0.05, 0.1) is 30.2 Å². The van der Waals surface area contributed by atoms with Crippen molar-refractivity contribution in [3.8, 4) is 0 Å². The molecule has 1 rings (SSSR count). The molecule has 0 amide bonds. The van der Waals surface area contributed by atoms with Gasteiger partial charge in [0, 0.05) is 19.8 Å². The van der Waals surface area contributed by atoms with Gasteiger partial charge in [-0.3, -0.25) is 4.98 Å². The van der Waals surface area contributed by atoms with E-state index < -0.39 is 5.97 Å².